The standard InChI is InChI=1S/C15H28N4O2/c1-5-21-12-7-6-8-19(10-12)13(9-16)14-11(2)17-18(3)15(14)20-4/h12-13H,5-10,16H2,1-4H3. The average Bonchev–Trinajstić information content (AvgIpc) is 2.75. The van der Waals surface area contributed by atoms with Crippen LogP contribution in [-0.2, 0) is 11.8 Å². The van der Waals surface area contributed by atoms with Gasteiger partial charge in [-0.25, -0.2) is 4.68 Å². The number of nitrogens with two attached hydrogens (primary N) is 1. The summed E-state index contributed by atoms with van der Waals surface area (Å²) in [5, 5.41) is 4.48. The van der Waals surface area contributed by atoms with Crippen molar-refractivity contribution in [1.82, 2.24) is 14.7 Å². The topological polar surface area (TPSA) is 65.5 Å². The number of aromatic nitrogens is 2. The molecule has 6 heteroatoms. The Kier molecular flexibility index (Phi) is 5.61. The van der Waals surface area contributed by atoms with Gasteiger partial charge in [0.05, 0.1) is 30.5 Å². The van der Waals surface area contributed by atoms with Gasteiger partial charge in [0.25, 0.3) is 0 Å². The van der Waals surface area contributed by atoms with E-state index in [-0.39, 0.29) is 6.04 Å². The first kappa shape index (κ1) is 16.3. The highest BCUT2D eigenvalue weighted by atomic mass is 16.5. The van der Waals surface area contributed by atoms with Crippen molar-refractivity contribution in [1.29, 1.82) is 0 Å². The number of methoxy groups -OCH3 is 1. The molecule has 0 amide bonds. The van der Waals surface area contributed by atoms with E-state index < -0.39 is 0 Å². The minimum atomic E-state index is 0.136. The third-order valence-electron chi connectivity index (χ3n) is 4.22. The lowest BCUT2D eigenvalue weighted by molar-refractivity contribution is -0.00696. The molecule has 0 aromatic carbocycles. The quantitative estimate of drug-likeness (QED) is 0.855. The molecule has 2 unspecified atom stereocenters. The van der Waals surface area contributed by atoms with E-state index in [9.17, 15) is 0 Å². The van der Waals surface area contributed by atoms with Crippen molar-refractivity contribution in [2.45, 2.75) is 38.8 Å². The molecular formula is C15H28N4O2. The zero-order chi connectivity index (χ0) is 15.4. The lowest BCUT2D eigenvalue weighted by Gasteiger charge is -2.37. The van der Waals surface area contributed by atoms with E-state index in [2.05, 4.69) is 10.00 Å². The molecule has 1 aromatic rings. The summed E-state index contributed by atoms with van der Waals surface area (Å²) in [6, 6.07) is 0.136. The summed E-state index contributed by atoms with van der Waals surface area (Å²) in [7, 11) is 3.59. The van der Waals surface area contributed by atoms with E-state index in [0.29, 0.717) is 12.6 Å². The molecule has 21 heavy (non-hydrogen) atoms. The monoisotopic (exact) mass is 296 g/mol. The van der Waals surface area contributed by atoms with Crippen LogP contribution in [0, 0.1) is 6.92 Å². The van der Waals surface area contributed by atoms with Gasteiger partial charge in [0, 0.05) is 26.7 Å². The van der Waals surface area contributed by atoms with Crippen molar-refractivity contribution < 1.29 is 9.47 Å². The van der Waals surface area contributed by atoms with Crippen LogP contribution in [0.25, 0.3) is 0 Å². The van der Waals surface area contributed by atoms with Crippen molar-refractivity contribution >= 4 is 0 Å². The van der Waals surface area contributed by atoms with Gasteiger partial charge in [-0.2, -0.15) is 5.10 Å². The van der Waals surface area contributed by atoms with Crippen LogP contribution in [0.4, 0.5) is 0 Å². The first-order valence-corrected chi connectivity index (χ1v) is 7.75. The fraction of sp³-hybridized carbons (Fsp3) is 0.800. The van der Waals surface area contributed by atoms with Crippen molar-refractivity contribution in [2.75, 3.05) is 33.4 Å². The molecule has 0 radical (unpaired) electrons. The highest BCUT2D eigenvalue weighted by molar-refractivity contribution is 5.34. The van der Waals surface area contributed by atoms with Gasteiger partial charge >= 0.3 is 0 Å². The summed E-state index contributed by atoms with van der Waals surface area (Å²) in [5.41, 5.74) is 8.18. The maximum atomic E-state index is 6.08. The molecule has 2 heterocycles. The molecule has 0 aliphatic carbocycles. The molecule has 2 rings (SSSR count). The molecule has 120 valence electrons. The first-order valence-electron chi connectivity index (χ1n) is 7.75. The Bertz CT molecular complexity index is 459. The Balaban J connectivity index is 2.23. The Labute approximate surface area is 127 Å². The van der Waals surface area contributed by atoms with Gasteiger partial charge in [-0.15, -0.1) is 0 Å². The van der Waals surface area contributed by atoms with Crippen molar-refractivity contribution in [3.8, 4) is 5.88 Å². The van der Waals surface area contributed by atoms with Crippen LogP contribution >= 0.6 is 0 Å². The highest BCUT2D eigenvalue weighted by Gasteiger charge is 2.31. The van der Waals surface area contributed by atoms with Crippen LogP contribution in [0.2, 0.25) is 0 Å². The number of likely N-dealkylation sites (tertiary alicyclic amines) is 1. The normalized spacial score (nSPS) is 21.5. The van der Waals surface area contributed by atoms with Gasteiger partial charge < -0.3 is 15.2 Å². The Morgan fingerprint density at radius 3 is 2.86 bits per heavy atom. The van der Waals surface area contributed by atoms with Gasteiger partial charge in [-0.05, 0) is 33.2 Å². The van der Waals surface area contributed by atoms with Crippen LogP contribution in [0.3, 0.4) is 0 Å². The zero-order valence-electron chi connectivity index (χ0n) is 13.6. The van der Waals surface area contributed by atoms with E-state index in [1.807, 2.05) is 20.9 Å². The van der Waals surface area contributed by atoms with E-state index in [1.165, 1.54) is 0 Å². The zero-order valence-corrected chi connectivity index (χ0v) is 13.6. The van der Waals surface area contributed by atoms with Crippen LogP contribution in [0.1, 0.15) is 37.1 Å². The fourth-order valence-electron chi connectivity index (χ4n) is 3.35. The Morgan fingerprint density at radius 1 is 1.48 bits per heavy atom. The summed E-state index contributed by atoms with van der Waals surface area (Å²) in [4.78, 5) is 2.41. The molecule has 0 saturated carbocycles. The van der Waals surface area contributed by atoms with Gasteiger partial charge in [0.1, 0.15) is 0 Å². The van der Waals surface area contributed by atoms with E-state index >= 15 is 0 Å². The summed E-state index contributed by atoms with van der Waals surface area (Å²) in [6.45, 7) is 7.36. The highest BCUT2D eigenvalue weighted by Crippen LogP contribution is 2.33. The van der Waals surface area contributed by atoms with Gasteiger partial charge in [0.15, 0.2) is 0 Å². The fourth-order valence-corrected chi connectivity index (χ4v) is 3.35. The second kappa shape index (κ2) is 7.24. The molecule has 0 bridgehead atoms. The molecule has 1 saturated heterocycles. The number of nitrogens with zero attached hydrogens (tertiary/aromatic N) is 3. The number of ether oxygens (including phenoxy) is 2. The number of hydrogen-bond donors (Lipinski definition) is 1. The lowest BCUT2D eigenvalue weighted by atomic mass is 10.0. The molecule has 1 aliphatic rings. The van der Waals surface area contributed by atoms with Crippen molar-refractivity contribution in [3.63, 3.8) is 0 Å². The number of rotatable bonds is 6. The minimum Gasteiger partial charge on any atom is -0.481 e. The minimum absolute atomic E-state index is 0.136. The van der Waals surface area contributed by atoms with Crippen LogP contribution in [0.15, 0.2) is 0 Å². The van der Waals surface area contributed by atoms with Gasteiger partial charge in [-0.3, -0.25) is 4.90 Å². The molecule has 1 fully saturated rings. The van der Waals surface area contributed by atoms with Crippen molar-refractivity contribution in [3.05, 3.63) is 11.3 Å². The maximum Gasteiger partial charge on any atom is 0.216 e. The summed E-state index contributed by atoms with van der Waals surface area (Å²) in [5.74, 6) is 0.807. The Morgan fingerprint density at radius 2 is 2.24 bits per heavy atom. The van der Waals surface area contributed by atoms with Crippen molar-refractivity contribution in [2.24, 2.45) is 12.8 Å². The second-order valence-corrected chi connectivity index (χ2v) is 5.60. The van der Waals surface area contributed by atoms with E-state index in [0.717, 1.165) is 49.7 Å². The van der Waals surface area contributed by atoms with E-state index in [4.69, 9.17) is 15.2 Å². The predicted molar refractivity (Wildman–Crippen MR) is 82.5 cm³/mol. The van der Waals surface area contributed by atoms with Crippen LogP contribution < -0.4 is 10.5 Å². The summed E-state index contributed by atoms with van der Waals surface area (Å²) >= 11 is 0. The molecule has 2 atom stereocenters. The summed E-state index contributed by atoms with van der Waals surface area (Å²) < 4.78 is 13.1. The molecule has 1 aliphatic heterocycles. The first-order chi connectivity index (χ1) is 10.1. The molecule has 1 aromatic heterocycles. The SMILES string of the molecule is CCOC1CCCN(C(CN)c2c(C)nn(C)c2OC)C1. The number of piperidine rings is 1. The van der Waals surface area contributed by atoms with Gasteiger partial charge in [0.2, 0.25) is 5.88 Å². The lowest BCUT2D eigenvalue weighted by Crippen LogP contribution is -2.44. The number of aryl methyl sites for hydroxylation is 2. The maximum absolute atomic E-state index is 6.08. The molecule has 0 spiro atoms. The van der Waals surface area contributed by atoms with E-state index in [1.54, 1.807) is 11.8 Å². The second-order valence-electron chi connectivity index (χ2n) is 5.60. The predicted octanol–water partition coefficient (Wildman–Crippen LogP) is 1.24. The molecule has 6 nitrogen and oxygen atoms in total. The Hall–Kier alpha value is -1.11. The third kappa shape index (κ3) is 3.39. The smallest absolute Gasteiger partial charge is 0.216 e. The molecular weight excluding hydrogens is 268 g/mol. The molecule has 2 N–H and O–H groups in total. The van der Waals surface area contributed by atoms with Gasteiger partial charge in [-0.1, -0.05) is 0 Å². The van der Waals surface area contributed by atoms with Crippen LogP contribution in [-0.4, -0.2) is 54.1 Å². The summed E-state index contributed by atoms with van der Waals surface area (Å²) in [6.07, 6.45) is 2.58. The van der Waals surface area contributed by atoms with Crippen LogP contribution in [0.5, 0.6) is 5.88 Å². The average molecular weight is 296 g/mol. The largest absolute Gasteiger partial charge is 0.481 e. The third-order valence-corrected chi connectivity index (χ3v) is 4.22. The number of hydrogen-bond acceptors (Lipinski definition) is 5.